The lowest BCUT2D eigenvalue weighted by Gasteiger charge is -2.12. The van der Waals surface area contributed by atoms with Crippen molar-refractivity contribution in [3.05, 3.63) is 48.4 Å². The van der Waals surface area contributed by atoms with E-state index in [0.717, 1.165) is 33.5 Å². The molecule has 0 spiro atoms. The lowest BCUT2D eigenvalue weighted by atomic mass is 10.00. The van der Waals surface area contributed by atoms with Crippen molar-refractivity contribution in [2.45, 2.75) is 4.90 Å². The van der Waals surface area contributed by atoms with E-state index in [4.69, 9.17) is 21.1 Å². The summed E-state index contributed by atoms with van der Waals surface area (Å²) in [6, 6.07) is 9.38. The maximum absolute atomic E-state index is 6.01. The van der Waals surface area contributed by atoms with Crippen LogP contribution in [0.15, 0.2) is 57.2 Å². The molecule has 1 aromatic carbocycles. The highest BCUT2D eigenvalue weighted by Crippen LogP contribution is 2.31. The van der Waals surface area contributed by atoms with Gasteiger partial charge < -0.3 is 10.2 Å². The number of furan rings is 1. The molecular weight excluding hydrogens is 300 g/mol. The third kappa shape index (κ3) is 2.50. The summed E-state index contributed by atoms with van der Waals surface area (Å²) in [6.07, 6.45) is 3.35. The zero-order valence-corrected chi connectivity index (χ0v) is 12.3. The number of aromatic nitrogens is 1. The van der Waals surface area contributed by atoms with Gasteiger partial charge in [-0.25, -0.2) is 11.4 Å². The average molecular weight is 314 g/mol. The predicted octanol–water partition coefficient (Wildman–Crippen LogP) is 1.54. The zero-order valence-electron chi connectivity index (χ0n) is 11.5. The Hall–Kier alpha value is -2.55. The van der Waals surface area contributed by atoms with Crippen LogP contribution < -0.4 is 22.3 Å². The molecule has 7 N–H and O–H groups in total. The number of hydrogen-bond donors (Lipinski definition) is 4. The van der Waals surface area contributed by atoms with Crippen molar-refractivity contribution in [2.24, 2.45) is 21.8 Å². The molecule has 0 aliphatic rings. The first-order valence-electron chi connectivity index (χ1n) is 6.37. The zero-order chi connectivity index (χ0) is 15.5. The number of hydrogen-bond acceptors (Lipinski definition) is 7. The Bertz CT molecular complexity index is 844. The van der Waals surface area contributed by atoms with Crippen LogP contribution in [0.25, 0.3) is 22.2 Å². The molecule has 22 heavy (non-hydrogen) atoms. The van der Waals surface area contributed by atoms with E-state index in [1.807, 2.05) is 24.3 Å². The molecule has 0 bridgehead atoms. The number of hydrazone groups is 1. The third-order valence-electron chi connectivity index (χ3n) is 3.21. The van der Waals surface area contributed by atoms with Crippen molar-refractivity contribution in [3.63, 3.8) is 0 Å². The number of fused-ring (bicyclic) bond motifs is 1. The minimum Gasteiger partial charge on any atom is -0.463 e. The summed E-state index contributed by atoms with van der Waals surface area (Å²) >= 11 is 1.09. The van der Waals surface area contributed by atoms with E-state index in [-0.39, 0.29) is 5.84 Å². The number of nitrogens with one attached hydrogen (secondary N) is 1. The molecule has 0 aliphatic heterocycles. The number of benzene rings is 1. The van der Waals surface area contributed by atoms with Crippen LogP contribution in [0.4, 0.5) is 0 Å². The average Bonchev–Trinajstić information content (AvgIpc) is 3.01. The fraction of sp³-hybridized carbons (Fsp3) is 0. The monoisotopic (exact) mass is 314 g/mol. The first-order chi connectivity index (χ1) is 10.7. The number of nitrogens with two attached hydrogens (primary N) is 3. The molecule has 0 saturated heterocycles. The lowest BCUT2D eigenvalue weighted by Crippen LogP contribution is -2.24. The van der Waals surface area contributed by atoms with Gasteiger partial charge in [0.05, 0.1) is 6.26 Å². The van der Waals surface area contributed by atoms with E-state index >= 15 is 0 Å². The summed E-state index contributed by atoms with van der Waals surface area (Å²) in [7, 11) is 0. The van der Waals surface area contributed by atoms with Gasteiger partial charge in [-0.15, -0.1) is 5.10 Å². The number of hydrazine groups is 1. The van der Waals surface area contributed by atoms with Gasteiger partial charge in [-0.3, -0.25) is 10.1 Å². The Balaban J connectivity index is 2.22. The van der Waals surface area contributed by atoms with Crippen LogP contribution in [-0.2, 0) is 0 Å². The van der Waals surface area contributed by atoms with E-state index in [0.29, 0.717) is 11.1 Å². The highest BCUT2D eigenvalue weighted by molar-refractivity contribution is 7.97. The second-order valence-corrected chi connectivity index (χ2v) is 5.13. The molecular formula is C14H14N6OS. The Kier molecular flexibility index (Phi) is 3.96. The molecule has 0 fully saturated rings. The Morgan fingerprint density at radius 3 is 2.95 bits per heavy atom. The Labute approximate surface area is 130 Å². The largest absolute Gasteiger partial charge is 0.463 e. The molecule has 0 amide bonds. The number of nitrogens with zero attached hydrogens (tertiary/aromatic N) is 2. The summed E-state index contributed by atoms with van der Waals surface area (Å²) < 4.78 is 5.40. The smallest absolute Gasteiger partial charge is 0.153 e. The summed E-state index contributed by atoms with van der Waals surface area (Å²) in [4.78, 5) is 5.15. The Morgan fingerprint density at radius 2 is 2.18 bits per heavy atom. The highest BCUT2D eigenvalue weighted by atomic mass is 32.2. The van der Waals surface area contributed by atoms with Crippen molar-refractivity contribution in [2.75, 3.05) is 0 Å². The molecule has 0 saturated carbocycles. The van der Waals surface area contributed by atoms with Crippen LogP contribution in [0.2, 0.25) is 0 Å². The molecule has 0 atom stereocenters. The van der Waals surface area contributed by atoms with E-state index in [1.165, 1.54) is 0 Å². The first-order valence-corrected chi connectivity index (χ1v) is 7.25. The molecule has 8 heteroatoms. The summed E-state index contributed by atoms with van der Waals surface area (Å²) in [5.41, 5.74) is 12.1. The topological polar surface area (TPSA) is 128 Å². The fourth-order valence-corrected chi connectivity index (χ4v) is 2.74. The van der Waals surface area contributed by atoms with Crippen LogP contribution in [0.3, 0.4) is 0 Å². The van der Waals surface area contributed by atoms with Gasteiger partial charge in [-0.1, -0.05) is 12.1 Å². The van der Waals surface area contributed by atoms with Gasteiger partial charge in [-0.05, 0) is 29.6 Å². The van der Waals surface area contributed by atoms with Crippen molar-refractivity contribution < 1.29 is 4.42 Å². The minimum atomic E-state index is 0.241. The SMILES string of the molecule is NN/N=C(\N)c1c(SN)cccc1-c1cnc2ccoc2c1. The first kappa shape index (κ1) is 14.4. The molecule has 0 radical (unpaired) electrons. The summed E-state index contributed by atoms with van der Waals surface area (Å²) in [6.45, 7) is 0. The van der Waals surface area contributed by atoms with Crippen LogP contribution in [0, 0.1) is 0 Å². The van der Waals surface area contributed by atoms with Crippen molar-refractivity contribution >= 4 is 28.9 Å². The van der Waals surface area contributed by atoms with E-state index in [9.17, 15) is 0 Å². The lowest BCUT2D eigenvalue weighted by molar-refractivity contribution is 0.615. The minimum absolute atomic E-state index is 0.241. The van der Waals surface area contributed by atoms with Crippen molar-refractivity contribution in [3.8, 4) is 11.1 Å². The Morgan fingerprint density at radius 1 is 1.32 bits per heavy atom. The molecule has 7 nitrogen and oxygen atoms in total. The maximum atomic E-state index is 6.01. The molecule has 3 aromatic rings. The molecule has 0 unspecified atom stereocenters. The number of pyridine rings is 1. The highest BCUT2D eigenvalue weighted by Gasteiger charge is 2.15. The normalized spacial score (nSPS) is 11.8. The van der Waals surface area contributed by atoms with Gasteiger partial charge in [0.15, 0.2) is 11.4 Å². The van der Waals surface area contributed by atoms with Crippen LogP contribution in [-0.4, -0.2) is 10.8 Å². The quantitative estimate of drug-likeness (QED) is 0.189. The molecule has 2 heterocycles. The molecule has 112 valence electrons. The maximum Gasteiger partial charge on any atom is 0.153 e. The van der Waals surface area contributed by atoms with Gasteiger partial charge in [-0.2, -0.15) is 0 Å². The molecule has 3 rings (SSSR count). The number of rotatable bonds is 4. The third-order valence-corrected chi connectivity index (χ3v) is 3.80. The predicted molar refractivity (Wildman–Crippen MR) is 87.5 cm³/mol. The second-order valence-electron chi connectivity index (χ2n) is 4.45. The summed E-state index contributed by atoms with van der Waals surface area (Å²) in [5.74, 6) is 5.47. The fourth-order valence-electron chi connectivity index (χ4n) is 2.25. The van der Waals surface area contributed by atoms with Gasteiger partial charge in [0, 0.05) is 28.3 Å². The van der Waals surface area contributed by atoms with E-state index < -0.39 is 0 Å². The van der Waals surface area contributed by atoms with E-state index in [1.54, 1.807) is 18.5 Å². The van der Waals surface area contributed by atoms with Crippen LogP contribution in [0.5, 0.6) is 0 Å². The molecule has 0 aliphatic carbocycles. The van der Waals surface area contributed by atoms with Gasteiger partial charge in [0.25, 0.3) is 0 Å². The summed E-state index contributed by atoms with van der Waals surface area (Å²) in [5, 5.41) is 9.58. The number of amidine groups is 1. The van der Waals surface area contributed by atoms with E-state index in [2.05, 4.69) is 15.6 Å². The standard InChI is InChI=1S/C14H14N6OS/c15-14(19-20-16)13-9(2-1-3-12(13)22-17)8-6-11-10(18-7-8)4-5-21-11/h1-7,20H,16-17H2,(H2,15,19). The molecule has 2 aromatic heterocycles. The second kappa shape index (κ2) is 6.06. The van der Waals surface area contributed by atoms with Gasteiger partial charge in [0.2, 0.25) is 0 Å². The van der Waals surface area contributed by atoms with Gasteiger partial charge >= 0.3 is 0 Å². The van der Waals surface area contributed by atoms with Crippen LogP contribution >= 0.6 is 11.9 Å². The van der Waals surface area contributed by atoms with Gasteiger partial charge in [0.1, 0.15) is 5.52 Å². The van der Waals surface area contributed by atoms with Crippen molar-refractivity contribution in [1.82, 2.24) is 10.5 Å². The van der Waals surface area contributed by atoms with Crippen molar-refractivity contribution in [1.29, 1.82) is 0 Å². The van der Waals surface area contributed by atoms with Crippen LogP contribution in [0.1, 0.15) is 5.56 Å².